The number of aromatic nitrogens is 1. The lowest BCUT2D eigenvalue weighted by atomic mass is 10.1. The van der Waals surface area contributed by atoms with Crippen molar-refractivity contribution in [1.82, 2.24) is 4.98 Å². The minimum absolute atomic E-state index is 0.0388. The van der Waals surface area contributed by atoms with Crippen LogP contribution in [-0.4, -0.2) is 31.6 Å². The SMILES string of the molecule is COc1cc(C(=O)O)ccc1N(C#Cc1ccc(C)cc1)S(=O)(=O)c1cscn1. The first kappa shape index (κ1) is 20.4. The van der Waals surface area contributed by atoms with Crippen molar-refractivity contribution >= 4 is 33.0 Å². The summed E-state index contributed by atoms with van der Waals surface area (Å²) in [6.07, 6.45) is 0. The van der Waals surface area contributed by atoms with Gasteiger partial charge in [0.05, 0.1) is 18.2 Å². The topological polar surface area (TPSA) is 96.8 Å². The van der Waals surface area contributed by atoms with E-state index in [1.165, 1.54) is 36.2 Å². The van der Waals surface area contributed by atoms with Crippen LogP contribution in [0, 0.1) is 18.9 Å². The van der Waals surface area contributed by atoms with Gasteiger partial charge in [0.1, 0.15) is 11.4 Å². The molecule has 0 aliphatic carbocycles. The van der Waals surface area contributed by atoms with Crippen LogP contribution < -0.4 is 9.04 Å². The molecule has 0 radical (unpaired) electrons. The minimum Gasteiger partial charge on any atom is -0.494 e. The predicted octanol–water partition coefficient (Wildman–Crippen LogP) is 3.36. The van der Waals surface area contributed by atoms with Crippen LogP contribution in [0.5, 0.6) is 5.75 Å². The van der Waals surface area contributed by atoms with Crippen molar-refractivity contribution in [3.05, 3.63) is 70.0 Å². The molecule has 1 N–H and O–H groups in total. The van der Waals surface area contributed by atoms with Crippen LogP contribution >= 0.6 is 11.3 Å². The minimum atomic E-state index is -4.12. The van der Waals surface area contributed by atoms with E-state index in [1.54, 1.807) is 12.1 Å². The third-order valence-electron chi connectivity index (χ3n) is 3.91. The first-order valence-electron chi connectivity index (χ1n) is 8.26. The number of anilines is 1. The Bertz CT molecular complexity index is 1190. The Balaban J connectivity index is 2.16. The zero-order valence-corrected chi connectivity index (χ0v) is 17.1. The lowest BCUT2D eigenvalue weighted by molar-refractivity contribution is 0.0696. The molecule has 0 saturated heterocycles. The molecule has 0 aliphatic heterocycles. The second kappa shape index (κ2) is 8.34. The largest absolute Gasteiger partial charge is 0.494 e. The second-order valence-corrected chi connectivity index (χ2v) is 8.34. The van der Waals surface area contributed by atoms with Crippen molar-refractivity contribution in [1.29, 1.82) is 0 Å². The van der Waals surface area contributed by atoms with Gasteiger partial charge in [0.2, 0.25) is 0 Å². The van der Waals surface area contributed by atoms with Crippen LogP contribution in [0.2, 0.25) is 0 Å². The van der Waals surface area contributed by atoms with Gasteiger partial charge in [0.25, 0.3) is 10.0 Å². The third-order valence-corrected chi connectivity index (χ3v) is 6.17. The number of thiazole rings is 1. The number of benzene rings is 2. The highest BCUT2D eigenvalue weighted by Gasteiger charge is 2.28. The Morgan fingerprint density at radius 1 is 1.21 bits per heavy atom. The van der Waals surface area contributed by atoms with Crippen LogP contribution in [0.25, 0.3) is 0 Å². The molecule has 148 valence electrons. The molecule has 7 nitrogen and oxygen atoms in total. The highest BCUT2D eigenvalue weighted by atomic mass is 32.2. The molecular weight excluding hydrogens is 412 g/mol. The van der Waals surface area contributed by atoms with Gasteiger partial charge in [-0.15, -0.1) is 11.3 Å². The first-order valence-corrected chi connectivity index (χ1v) is 10.6. The van der Waals surface area contributed by atoms with E-state index < -0.39 is 16.0 Å². The number of methoxy groups -OCH3 is 1. The molecule has 0 unspecified atom stereocenters. The number of carboxylic acids is 1. The molecule has 3 rings (SSSR count). The Kier molecular flexibility index (Phi) is 5.87. The van der Waals surface area contributed by atoms with Gasteiger partial charge < -0.3 is 9.84 Å². The molecule has 0 spiro atoms. The standard InChI is InChI=1S/C20H16N2O5S2/c1-14-3-5-15(6-4-14)9-10-22(29(25,26)19-12-28-13-21-19)17-8-7-16(20(23)24)11-18(17)27-2/h3-8,11-13H,1-2H3,(H,23,24). The summed E-state index contributed by atoms with van der Waals surface area (Å²) in [5.74, 6) is 1.73. The van der Waals surface area contributed by atoms with Crippen molar-refractivity contribution in [3.8, 4) is 17.7 Å². The zero-order valence-electron chi connectivity index (χ0n) is 15.5. The monoisotopic (exact) mass is 428 g/mol. The molecule has 2 aromatic carbocycles. The molecule has 0 fully saturated rings. The van der Waals surface area contributed by atoms with Gasteiger partial charge in [0, 0.05) is 17.0 Å². The fourth-order valence-corrected chi connectivity index (χ4v) is 4.48. The molecule has 0 amide bonds. The number of carboxylic acid groups (broad SMARTS) is 1. The predicted molar refractivity (Wildman–Crippen MR) is 110 cm³/mol. The molecular formula is C20H16N2O5S2. The van der Waals surface area contributed by atoms with Crippen LogP contribution in [0.1, 0.15) is 21.5 Å². The van der Waals surface area contributed by atoms with Crippen molar-refractivity contribution in [2.24, 2.45) is 0 Å². The highest BCUT2D eigenvalue weighted by molar-refractivity contribution is 7.93. The lowest BCUT2D eigenvalue weighted by Crippen LogP contribution is -2.27. The fourth-order valence-electron chi connectivity index (χ4n) is 2.40. The van der Waals surface area contributed by atoms with Gasteiger partial charge in [-0.3, -0.25) is 0 Å². The summed E-state index contributed by atoms with van der Waals surface area (Å²) in [6.45, 7) is 1.94. The first-order chi connectivity index (χ1) is 13.8. The van der Waals surface area contributed by atoms with Gasteiger partial charge in [-0.2, -0.15) is 12.7 Å². The zero-order chi connectivity index (χ0) is 21.0. The average Bonchev–Trinajstić information content (AvgIpc) is 3.25. The van der Waals surface area contributed by atoms with Gasteiger partial charge in [-0.25, -0.2) is 9.78 Å². The van der Waals surface area contributed by atoms with Gasteiger partial charge >= 0.3 is 5.97 Å². The maximum atomic E-state index is 13.2. The molecule has 0 bridgehead atoms. The highest BCUT2D eigenvalue weighted by Crippen LogP contribution is 2.33. The normalized spacial score (nSPS) is 10.7. The molecule has 1 heterocycles. The molecule has 29 heavy (non-hydrogen) atoms. The summed E-state index contributed by atoms with van der Waals surface area (Å²) >= 11 is 1.14. The molecule has 9 heteroatoms. The Hall–Kier alpha value is -3.35. The van der Waals surface area contributed by atoms with Gasteiger partial charge in [-0.05, 0) is 43.2 Å². The summed E-state index contributed by atoms with van der Waals surface area (Å²) in [7, 11) is -2.80. The molecule has 1 aromatic heterocycles. The number of aryl methyl sites for hydroxylation is 1. The van der Waals surface area contributed by atoms with Crippen LogP contribution in [0.3, 0.4) is 0 Å². The van der Waals surface area contributed by atoms with Crippen molar-refractivity contribution in [2.75, 3.05) is 11.4 Å². The summed E-state index contributed by atoms with van der Waals surface area (Å²) in [5.41, 5.74) is 3.13. The Labute approximate surface area is 172 Å². The van der Waals surface area contributed by atoms with E-state index in [-0.39, 0.29) is 22.0 Å². The van der Waals surface area contributed by atoms with E-state index in [4.69, 9.17) is 4.74 Å². The van der Waals surface area contributed by atoms with Crippen molar-refractivity contribution in [3.63, 3.8) is 0 Å². The van der Waals surface area contributed by atoms with E-state index >= 15 is 0 Å². The van der Waals surface area contributed by atoms with E-state index in [0.717, 1.165) is 21.2 Å². The number of rotatable bonds is 5. The van der Waals surface area contributed by atoms with E-state index in [0.29, 0.717) is 5.56 Å². The van der Waals surface area contributed by atoms with Crippen LogP contribution in [0.4, 0.5) is 5.69 Å². The number of sulfonamides is 1. The van der Waals surface area contributed by atoms with Crippen molar-refractivity contribution in [2.45, 2.75) is 11.9 Å². The van der Waals surface area contributed by atoms with Crippen LogP contribution in [-0.2, 0) is 10.0 Å². The van der Waals surface area contributed by atoms with Gasteiger partial charge in [-0.1, -0.05) is 17.7 Å². The van der Waals surface area contributed by atoms with E-state index in [9.17, 15) is 18.3 Å². The number of aromatic carboxylic acids is 1. The fraction of sp³-hybridized carbons (Fsp3) is 0.100. The maximum absolute atomic E-state index is 13.2. The summed E-state index contributed by atoms with van der Waals surface area (Å²) in [5, 5.41) is 10.4. The molecule has 0 atom stereocenters. The maximum Gasteiger partial charge on any atom is 0.335 e. The smallest absolute Gasteiger partial charge is 0.335 e. The molecule has 0 aliphatic rings. The summed E-state index contributed by atoms with van der Waals surface area (Å²) < 4.78 is 32.4. The molecule has 3 aromatic rings. The molecule has 0 saturated carbocycles. The van der Waals surface area contributed by atoms with Crippen LogP contribution in [0.15, 0.2) is 58.4 Å². The summed E-state index contributed by atoms with van der Waals surface area (Å²) in [6, 6.07) is 13.8. The number of hydrogen-bond acceptors (Lipinski definition) is 6. The second-order valence-electron chi connectivity index (χ2n) is 5.89. The average molecular weight is 428 g/mol. The quantitative estimate of drug-likeness (QED) is 0.494. The van der Waals surface area contributed by atoms with Crippen molar-refractivity contribution < 1.29 is 23.1 Å². The van der Waals surface area contributed by atoms with Gasteiger partial charge in [0.15, 0.2) is 5.03 Å². The number of nitrogens with zero attached hydrogens (tertiary/aromatic N) is 2. The lowest BCUT2D eigenvalue weighted by Gasteiger charge is -2.19. The third kappa shape index (κ3) is 4.39. The number of ether oxygens (including phenoxy) is 1. The number of hydrogen-bond donors (Lipinski definition) is 1. The van der Waals surface area contributed by atoms with E-state index in [2.05, 4.69) is 16.9 Å². The Morgan fingerprint density at radius 3 is 2.52 bits per heavy atom. The summed E-state index contributed by atoms with van der Waals surface area (Å²) in [4.78, 5) is 15.1. The number of carbonyl (C=O) groups is 1. The van der Waals surface area contributed by atoms with E-state index in [1.807, 2.05) is 19.1 Å². The Morgan fingerprint density at radius 2 is 1.93 bits per heavy atom.